The molecule has 0 bridgehead atoms. The number of hydrogen-bond acceptors (Lipinski definition) is 5. The Kier molecular flexibility index (Phi) is 3.71. The molecule has 1 aromatic rings. The van der Waals surface area contributed by atoms with E-state index in [4.69, 9.17) is 4.74 Å². The highest BCUT2D eigenvalue weighted by Gasteiger charge is 2.09. The van der Waals surface area contributed by atoms with Gasteiger partial charge in [-0.2, -0.15) is 0 Å². The number of nitro benzene ring substituents is 1. The number of Topliss-reactive ketones (excluding diaryl/α,β-unsaturated/α-hetero) is 1. The molecule has 0 N–H and O–H groups in total. The molecule has 0 fully saturated rings. The third-order valence-corrected chi connectivity index (χ3v) is 1.77. The maximum Gasteiger partial charge on any atom is 0.269 e. The maximum atomic E-state index is 11.0. The number of non-ortho nitro benzene ring substituents is 1. The number of aliphatic imine (C=N–C) groups is 1. The van der Waals surface area contributed by atoms with Crippen LogP contribution in [0.4, 0.5) is 5.69 Å². The van der Waals surface area contributed by atoms with Crippen LogP contribution in [0.2, 0.25) is 0 Å². The van der Waals surface area contributed by atoms with Gasteiger partial charge in [-0.1, -0.05) is 0 Å². The minimum absolute atomic E-state index is 0.0335. The zero-order valence-electron chi connectivity index (χ0n) is 8.84. The van der Waals surface area contributed by atoms with E-state index in [-0.39, 0.29) is 17.4 Å². The van der Waals surface area contributed by atoms with Crippen molar-refractivity contribution in [2.45, 2.75) is 6.92 Å². The van der Waals surface area contributed by atoms with Gasteiger partial charge in [-0.3, -0.25) is 19.9 Å². The molecule has 0 aliphatic heterocycles. The Morgan fingerprint density at radius 1 is 1.38 bits per heavy atom. The van der Waals surface area contributed by atoms with Gasteiger partial charge in [0.1, 0.15) is 5.75 Å². The molecule has 0 spiro atoms. The lowest BCUT2D eigenvalue weighted by Crippen LogP contribution is -2.17. The minimum Gasteiger partial charge on any atom is -0.436 e. The monoisotopic (exact) mass is 222 g/mol. The van der Waals surface area contributed by atoms with Crippen LogP contribution in [0.3, 0.4) is 0 Å². The molecular weight excluding hydrogens is 212 g/mol. The standard InChI is InChI=1S/C10H10N2O4/c1-7(13)10(11-2)16-9-5-3-8(4-6-9)12(14)15/h3-6H,1-2H3. The summed E-state index contributed by atoms with van der Waals surface area (Å²) < 4.78 is 5.14. The molecular formula is C10H10N2O4. The van der Waals surface area contributed by atoms with Gasteiger partial charge in [0, 0.05) is 26.1 Å². The van der Waals surface area contributed by atoms with Gasteiger partial charge >= 0.3 is 0 Å². The van der Waals surface area contributed by atoms with E-state index in [1.165, 1.54) is 38.2 Å². The van der Waals surface area contributed by atoms with Crippen molar-refractivity contribution in [3.63, 3.8) is 0 Å². The molecule has 16 heavy (non-hydrogen) atoms. The molecule has 0 saturated carbocycles. The summed E-state index contributed by atoms with van der Waals surface area (Å²) in [7, 11) is 1.43. The molecule has 0 unspecified atom stereocenters. The van der Waals surface area contributed by atoms with Crippen LogP contribution >= 0.6 is 0 Å². The Morgan fingerprint density at radius 2 is 1.94 bits per heavy atom. The van der Waals surface area contributed by atoms with Gasteiger partial charge < -0.3 is 4.74 Å². The predicted molar refractivity (Wildman–Crippen MR) is 57.8 cm³/mol. The first kappa shape index (κ1) is 11.8. The van der Waals surface area contributed by atoms with Crippen molar-refractivity contribution < 1.29 is 14.5 Å². The van der Waals surface area contributed by atoms with Crippen molar-refractivity contribution >= 4 is 17.4 Å². The van der Waals surface area contributed by atoms with Crippen LogP contribution in [0.25, 0.3) is 0 Å². The highest BCUT2D eigenvalue weighted by molar-refractivity contribution is 6.35. The first-order valence-electron chi connectivity index (χ1n) is 4.44. The Bertz CT molecular complexity index is 437. The Morgan fingerprint density at radius 3 is 2.31 bits per heavy atom. The van der Waals surface area contributed by atoms with E-state index in [0.717, 1.165) is 0 Å². The lowest BCUT2D eigenvalue weighted by atomic mass is 10.3. The normalized spacial score (nSPS) is 11.0. The van der Waals surface area contributed by atoms with E-state index in [9.17, 15) is 14.9 Å². The molecule has 0 aliphatic rings. The fourth-order valence-corrected chi connectivity index (χ4v) is 1.02. The number of benzene rings is 1. The molecule has 0 heterocycles. The van der Waals surface area contributed by atoms with E-state index in [1.807, 2.05) is 0 Å². The van der Waals surface area contributed by atoms with Crippen molar-refractivity contribution in [2.75, 3.05) is 7.05 Å². The Hall–Kier alpha value is -2.24. The Labute approximate surface area is 91.7 Å². The number of carbonyl (C=O) groups excluding carboxylic acids is 1. The molecule has 1 aromatic carbocycles. The summed E-state index contributed by atoms with van der Waals surface area (Å²) >= 11 is 0. The van der Waals surface area contributed by atoms with Gasteiger partial charge in [0.25, 0.3) is 11.6 Å². The number of ketones is 1. The zero-order valence-corrected chi connectivity index (χ0v) is 8.84. The molecule has 84 valence electrons. The summed E-state index contributed by atoms with van der Waals surface area (Å²) in [5.74, 6) is -0.00361. The second-order valence-corrected chi connectivity index (χ2v) is 2.94. The van der Waals surface area contributed by atoms with Crippen molar-refractivity contribution in [1.82, 2.24) is 0 Å². The maximum absolute atomic E-state index is 11.0. The van der Waals surface area contributed by atoms with E-state index >= 15 is 0 Å². The molecule has 1 rings (SSSR count). The average molecular weight is 222 g/mol. The fourth-order valence-electron chi connectivity index (χ4n) is 1.02. The second-order valence-electron chi connectivity index (χ2n) is 2.94. The number of rotatable bonds is 3. The van der Waals surface area contributed by atoms with Crippen LogP contribution in [-0.4, -0.2) is 23.7 Å². The van der Waals surface area contributed by atoms with Crippen molar-refractivity contribution in [2.24, 2.45) is 4.99 Å². The summed E-state index contributed by atoms with van der Waals surface area (Å²) in [6, 6.07) is 5.41. The number of ether oxygens (including phenoxy) is 1. The van der Waals surface area contributed by atoms with Gasteiger partial charge in [0.2, 0.25) is 5.78 Å². The number of carbonyl (C=O) groups is 1. The van der Waals surface area contributed by atoms with E-state index in [0.29, 0.717) is 5.75 Å². The molecule has 0 aromatic heterocycles. The first-order chi connectivity index (χ1) is 7.54. The number of nitro groups is 1. The Balaban J connectivity index is 2.83. The van der Waals surface area contributed by atoms with Crippen LogP contribution in [0.15, 0.2) is 29.3 Å². The van der Waals surface area contributed by atoms with E-state index < -0.39 is 4.92 Å². The van der Waals surface area contributed by atoms with Gasteiger partial charge in [-0.15, -0.1) is 0 Å². The van der Waals surface area contributed by atoms with Crippen LogP contribution in [0.5, 0.6) is 5.75 Å². The summed E-state index contributed by atoms with van der Waals surface area (Å²) in [4.78, 5) is 24.5. The minimum atomic E-state index is -0.510. The van der Waals surface area contributed by atoms with Crippen molar-refractivity contribution in [3.8, 4) is 5.75 Å². The molecule has 0 saturated heterocycles. The van der Waals surface area contributed by atoms with Gasteiger partial charge in [-0.25, -0.2) is 0 Å². The van der Waals surface area contributed by atoms with Crippen LogP contribution < -0.4 is 4.74 Å². The quantitative estimate of drug-likeness (QED) is 0.336. The molecule has 0 aliphatic carbocycles. The largest absolute Gasteiger partial charge is 0.436 e. The zero-order chi connectivity index (χ0) is 12.1. The third kappa shape index (κ3) is 2.88. The van der Waals surface area contributed by atoms with Gasteiger partial charge in [0.15, 0.2) is 0 Å². The second kappa shape index (κ2) is 5.01. The van der Waals surface area contributed by atoms with E-state index in [1.54, 1.807) is 0 Å². The third-order valence-electron chi connectivity index (χ3n) is 1.77. The van der Waals surface area contributed by atoms with Crippen LogP contribution in [-0.2, 0) is 4.79 Å². The lowest BCUT2D eigenvalue weighted by Gasteiger charge is -2.04. The van der Waals surface area contributed by atoms with Crippen molar-refractivity contribution in [1.29, 1.82) is 0 Å². The van der Waals surface area contributed by atoms with Gasteiger partial charge in [-0.05, 0) is 12.1 Å². The van der Waals surface area contributed by atoms with Crippen LogP contribution in [0.1, 0.15) is 6.92 Å². The number of nitrogens with zero attached hydrogens (tertiary/aromatic N) is 2. The summed E-state index contributed by atoms with van der Waals surface area (Å²) in [5, 5.41) is 10.4. The summed E-state index contributed by atoms with van der Waals surface area (Å²) in [6.45, 7) is 1.33. The van der Waals surface area contributed by atoms with Gasteiger partial charge in [0.05, 0.1) is 4.92 Å². The lowest BCUT2D eigenvalue weighted by molar-refractivity contribution is -0.384. The fraction of sp³-hybridized carbons (Fsp3) is 0.200. The summed E-state index contributed by atoms with van der Waals surface area (Å²) in [5.41, 5.74) is -0.0369. The predicted octanol–water partition coefficient (Wildman–Crippen LogP) is 1.59. The first-order valence-corrected chi connectivity index (χ1v) is 4.44. The number of hydrogen-bond donors (Lipinski definition) is 0. The molecule has 0 atom stereocenters. The molecule has 6 nitrogen and oxygen atoms in total. The summed E-state index contributed by atoms with van der Waals surface area (Å²) in [6.07, 6.45) is 0. The van der Waals surface area contributed by atoms with E-state index in [2.05, 4.69) is 4.99 Å². The highest BCUT2D eigenvalue weighted by atomic mass is 16.6. The topological polar surface area (TPSA) is 81.8 Å². The average Bonchev–Trinajstić information content (AvgIpc) is 2.26. The highest BCUT2D eigenvalue weighted by Crippen LogP contribution is 2.17. The molecule has 6 heteroatoms. The smallest absolute Gasteiger partial charge is 0.269 e. The molecule has 0 radical (unpaired) electrons. The molecule has 0 amide bonds. The SMILES string of the molecule is CN=C(Oc1ccc([N+](=O)[O-])cc1)C(C)=O. The van der Waals surface area contributed by atoms with Crippen molar-refractivity contribution in [3.05, 3.63) is 34.4 Å². The van der Waals surface area contributed by atoms with Crippen LogP contribution in [0, 0.1) is 10.1 Å².